The van der Waals surface area contributed by atoms with Gasteiger partial charge in [-0.05, 0) is 42.8 Å². The molecule has 1 unspecified atom stereocenters. The summed E-state index contributed by atoms with van der Waals surface area (Å²) in [5.41, 5.74) is 1.41. The molecule has 1 aromatic carbocycles. The molecule has 1 fully saturated rings. The minimum Gasteiger partial charge on any atom is -0.313 e. The monoisotopic (exact) mass is 240 g/mol. The predicted molar refractivity (Wildman–Crippen MR) is 75.5 cm³/mol. The minimum absolute atomic E-state index is 0.473. The van der Waals surface area contributed by atoms with Crippen LogP contribution in [0, 0.1) is 5.92 Å². The van der Waals surface area contributed by atoms with Crippen LogP contribution in [0.5, 0.6) is 0 Å². The molecule has 2 aromatic rings. The van der Waals surface area contributed by atoms with E-state index in [4.69, 9.17) is 0 Å². The normalized spacial score (nSPS) is 18.3. The molecule has 0 aliphatic heterocycles. The van der Waals surface area contributed by atoms with Gasteiger partial charge in [-0.2, -0.15) is 0 Å². The van der Waals surface area contributed by atoms with Crippen molar-refractivity contribution < 1.29 is 0 Å². The number of aromatic nitrogens is 1. The Kier molecular flexibility index (Phi) is 3.28. The molecule has 1 atom stereocenters. The van der Waals surface area contributed by atoms with E-state index >= 15 is 0 Å². The van der Waals surface area contributed by atoms with Crippen LogP contribution in [-0.4, -0.2) is 12.0 Å². The number of benzene rings is 1. The highest BCUT2D eigenvalue weighted by Crippen LogP contribution is 2.37. The molecule has 1 heterocycles. The molecule has 0 saturated heterocycles. The minimum atomic E-state index is 0.473. The lowest BCUT2D eigenvalue weighted by atomic mass is 9.89. The fourth-order valence-electron chi connectivity index (χ4n) is 3.34. The second-order valence-electron chi connectivity index (χ2n) is 5.25. The fraction of sp³-hybridized carbons (Fsp3) is 0.438. The summed E-state index contributed by atoms with van der Waals surface area (Å²) in [5.74, 6) is 0.779. The molecule has 1 aliphatic carbocycles. The SMILES string of the molecule is CNC(c1cccc2ccncc12)C1CCCC1. The molecular formula is C16H20N2. The van der Waals surface area contributed by atoms with Crippen molar-refractivity contribution >= 4 is 10.8 Å². The Morgan fingerprint density at radius 3 is 2.83 bits per heavy atom. The van der Waals surface area contributed by atoms with Gasteiger partial charge in [0.15, 0.2) is 0 Å². The lowest BCUT2D eigenvalue weighted by molar-refractivity contribution is 0.392. The summed E-state index contributed by atoms with van der Waals surface area (Å²) in [6, 6.07) is 9.16. The molecule has 1 N–H and O–H groups in total. The molecule has 1 aliphatic rings. The van der Waals surface area contributed by atoms with Crippen LogP contribution >= 0.6 is 0 Å². The highest BCUT2D eigenvalue weighted by Gasteiger charge is 2.26. The molecule has 2 heteroatoms. The third kappa shape index (κ3) is 2.01. The Balaban J connectivity index is 2.06. The quantitative estimate of drug-likeness (QED) is 0.885. The van der Waals surface area contributed by atoms with E-state index in [1.54, 1.807) is 0 Å². The molecular weight excluding hydrogens is 220 g/mol. The molecule has 0 amide bonds. The number of nitrogens with zero attached hydrogens (tertiary/aromatic N) is 1. The number of hydrogen-bond donors (Lipinski definition) is 1. The zero-order valence-corrected chi connectivity index (χ0v) is 10.9. The van der Waals surface area contributed by atoms with Crippen molar-refractivity contribution in [3.63, 3.8) is 0 Å². The van der Waals surface area contributed by atoms with Crippen molar-refractivity contribution in [3.05, 3.63) is 42.2 Å². The summed E-state index contributed by atoms with van der Waals surface area (Å²) >= 11 is 0. The summed E-state index contributed by atoms with van der Waals surface area (Å²) in [4.78, 5) is 4.29. The first-order valence-corrected chi connectivity index (χ1v) is 6.90. The standard InChI is InChI=1S/C16H20N2/c1-17-16(13-5-2-3-6-13)14-8-4-7-12-9-10-18-11-15(12)14/h4,7-11,13,16-17H,2-3,5-6H2,1H3. The first-order chi connectivity index (χ1) is 8.90. The van der Waals surface area contributed by atoms with Gasteiger partial charge in [0.2, 0.25) is 0 Å². The molecule has 0 spiro atoms. The van der Waals surface area contributed by atoms with Crippen LogP contribution in [-0.2, 0) is 0 Å². The number of hydrogen-bond acceptors (Lipinski definition) is 2. The maximum absolute atomic E-state index is 4.29. The van der Waals surface area contributed by atoms with Gasteiger partial charge in [0.25, 0.3) is 0 Å². The summed E-state index contributed by atoms with van der Waals surface area (Å²) < 4.78 is 0. The second-order valence-corrected chi connectivity index (χ2v) is 5.25. The molecule has 18 heavy (non-hydrogen) atoms. The lowest BCUT2D eigenvalue weighted by Gasteiger charge is -2.24. The van der Waals surface area contributed by atoms with Gasteiger partial charge < -0.3 is 5.32 Å². The second kappa shape index (κ2) is 5.07. The first kappa shape index (κ1) is 11.7. The first-order valence-electron chi connectivity index (χ1n) is 6.90. The largest absolute Gasteiger partial charge is 0.313 e. The Morgan fingerprint density at radius 2 is 2.06 bits per heavy atom. The number of nitrogens with one attached hydrogen (secondary N) is 1. The maximum atomic E-state index is 4.29. The molecule has 1 aromatic heterocycles. The van der Waals surface area contributed by atoms with E-state index in [-0.39, 0.29) is 0 Å². The van der Waals surface area contributed by atoms with Crippen molar-refractivity contribution in [3.8, 4) is 0 Å². The van der Waals surface area contributed by atoms with E-state index in [0.717, 1.165) is 5.92 Å². The van der Waals surface area contributed by atoms with Crippen molar-refractivity contribution in [1.29, 1.82) is 0 Å². The van der Waals surface area contributed by atoms with Crippen molar-refractivity contribution in [2.75, 3.05) is 7.05 Å². The Bertz CT molecular complexity index is 524. The van der Waals surface area contributed by atoms with Gasteiger partial charge in [0, 0.05) is 23.8 Å². The Labute approximate surface area is 108 Å². The summed E-state index contributed by atoms with van der Waals surface area (Å²) in [7, 11) is 2.08. The van der Waals surface area contributed by atoms with Crippen molar-refractivity contribution in [2.45, 2.75) is 31.7 Å². The van der Waals surface area contributed by atoms with Crippen LogP contribution < -0.4 is 5.32 Å². The molecule has 94 valence electrons. The molecule has 2 nitrogen and oxygen atoms in total. The number of fused-ring (bicyclic) bond motifs is 1. The molecule has 0 bridgehead atoms. The lowest BCUT2D eigenvalue weighted by Crippen LogP contribution is -2.23. The highest BCUT2D eigenvalue weighted by molar-refractivity contribution is 5.85. The maximum Gasteiger partial charge on any atom is 0.0352 e. The van der Waals surface area contributed by atoms with Gasteiger partial charge in [-0.3, -0.25) is 4.98 Å². The van der Waals surface area contributed by atoms with E-state index < -0.39 is 0 Å². The fourth-order valence-corrected chi connectivity index (χ4v) is 3.34. The van der Waals surface area contributed by atoms with Crippen LogP contribution in [0.25, 0.3) is 10.8 Å². The van der Waals surface area contributed by atoms with E-state index in [1.807, 2.05) is 12.4 Å². The average Bonchev–Trinajstić information content (AvgIpc) is 2.94. The van der Waals surface area contributed by atoms with Gasteiger partial charge in [0.05, 0.1) is 0 Å². The zero-order chi connectivity index (χ0) is 12.4. The number of pyridine rings is 1. The van der Waals surface area contributed by atoms with Crippen LogP contribution in [0.3, 0.4) is 0 Å². The third-order valence-electron chi connectivity index (χ3n) is 4.23. The Morgan fingerprint density at radius 1 is 1.22 bits per heavy atom. The van der Waals surface area contributed by atoms with Gasteiger partial charge in [-0.1, -0.05) is 31.0 Å². The van der Waals surface area contributed by atoms with Crippen LogP contribution in [0.1, 0.15) is 37.3 Å². The van der Waals surface area contributed by atoms with E-state index in [2.05, 4.69) is 41.6 Å². The zero-order valence-electron chi connectivity index (χ0n) is 10.9. The smallest absolute Gasteiger partial charge is 0.0352 e. The van der Waals surface area contributed by atoms with Gasteiger partial charge in [-0.25, -0.2) is 0 Å². The summed E-state index contributed by atoms with van der Waals surface area (Å²) in [5, 5.41) is 6.11. The molecule has 1 saturated carbocycles. The summed E-state index contributed by atoms with van der Waals surface area (Å²) in [6.45, 7) is 0. The predicted octanol–water partition coefficient (Wildman–Crippen LogP) is 3.69. The topological polar surface area (TPSA) is 24.9 Å². The highest BCUT2D eigenvalue weighted by atomic mass is 14.9. The van der Waals surface area contributed by atoms with E-state index in [0.29, 0.717) is 6.04 Å². The third-order valence-corrected chi connectivity index (χ3v) is 4.23. The molecule has 3 rings (SSSR count). The van der Waals surface area contributed by atoms with Gasteiger partial charge >= 0.3 is 0 Å². The Hall–Kier alpha value is -1.41. The van der Waals surface area contributed by atoms with E-state index in [9.17, 15) is 0 Å². The average molecular weight is 240 g/mol. The van der Waals surface area contributed by atoms with Crippen molar-refractivity contribution in [1.82, 2.24) is 10.3 Å². The van der Waals surface area contributed by atoms with Gasteiger partial charge in [-0.15, -0.1) is 0 Å². The van der Waals surface area contributed by atoms with Crippen molar-refractivity contribution in [2.24, 2.45) is 5.92 Å². The van der Waals surface area contributed by atoms with Crippen LogP contribution in [0.2, 0.25) is 0 Å². The van der Waals surface area contributed by atoms with E-state index in [1.165, 1.54) is 42.0 Å². The molecule has 0 radical (unpaired) electrons. The van der Waals surface area contributed by atoms with Gasteiger partial charge in [0.1, 0.15) is 0 Å². The number of rotatable bonds is 3. The summed E-state index contributed by atoms with van der Waals surface area (Å²) in [6.07, 6.45) is 9.34. The van der Waals surface area contributed by atoms with Crippen LogP contribution in [0.4, 0.5) is 0 Å². The van der Waals surface area contributed by atoms with Crippen LogP contribution in [0.15, 0.2) is 36.7 Å².